The van der Waals surface area contributed by atoms with Crippen LogP contribution in [0, 0.1) is 18.3 Å². The van der Waals surface area contributed by atoms with Crippen LogP contribution in [0.2, 0.25) is 5.02 Å². The molecule has 0 N–H and O–H groups in total. The maximum Gasteiger partial charge on any atom is 0.223 e. The highest BCUT2D eigenvalue weighted by Gasteiger charge is 2.39. The van der Waals surface area contributed by atoms with Gasteiger partial charge in [0.15, 0.2) is 0 Å². The van der Waals surface area contributed by atoms with Crippen molar-refractivity contribution < 1.29 is 14.3 Å². The summed E-state index contributed by atoms with van der Waals surface area (Å²) in [5, 5.41) is 0.747. The number of amides is 1. The molecule has 0 radical (unpaired) electrons. The molecule has 5 nitrogen and oxygen atoms in total. The van der Waals surface area contributed by atoms with Crippen LogP contribution in [0.25, 0.3) is 0 Å². The van der Waals surface area contributed by atoms with Gasteiger partial charge in [-0.3, -0.25) is 4.79 Å². The van der Waals surface area contributed by atoms with Crippen LogP contribution < -0.4 is 4.74 Å². The Morgan fingerprint density at radius 2 is 2.07 bits per heavy atom. The molecule has 2 aliphatic heterocycles. The number of ether oxygens (including phenoxy) is 2. The van der Waals surface area contributed by atoms with Crippen molar-refractivity contribution >= 4 is 17.5 Å². The molecular weight excluding hydrogens is 400 g/mol. The molecule has 30 heavy (non-hydrogen) atoms. The molecule has 168 valence electrons. The smallest absolute Gasteiger partial charge is 0.223 e. The van der Waals surface area contributed by atoms with Crippen LogP contribution in [0.4, 0.5) is 0 Å². The van der Waals surface area contributed by atoms with E-state index >= 15 is 0 Å². The van der Waals surface area contributed by atoms with E-state index < -0.39 is 0 Å². The van der Waals surface area contributed by atoms with Gasteiger partial charge in [-0.05, 0) is 56.0 Å². The van der Waals surface area contributed by atoms with Gasteiger partial charge in [0.2, 0.25) is 5.91 Å². The highest BCUT2D eigenvalue weighted by molar-refractivity contribution is 6.31. The van der Waals surface area contributed by atoms with Gasteiger partial charge >= 0.3 is 0 Å². The highest BCUT2D eigenvalue weighted by Crippen LogP contribution is 2.36. The fourth-order valence-electron chi connectivity index (χ4n) is 4.54. The molecule has 2 unspecified atom stereocenters. The Morgan fingerprint density at radius 1 is 1.30 bits per heavy atom. The maximum atomic E-state index is 13.1. The number of aryl methyl sites for hydroxylation is 1. The SMILES string of the molecule is CCC(C)CN1CCCC(COc2ccc(Cl)c(C)c2)(CC(=O)N2CCOCC2)C1. The number of piperidine rings is 1. The second-order valence-electron chi connectivity index (χ2n) is 9.22. The normalized spacial score (nSPS) is 23.9. The zero-order valence-corrected chi connectivity index (χ0v) is 19.5. The molecule has 0 spiro atoms. The lowest BCUT2D eigenvalue weighted by Crippen LogP contribution is -2.51. The molecule has 2 heterocycles. The summed E-state index contributed by atoms with van der Waals surface area (Å²) in [6.07, 6.45) is 3.84. The molecule has 0 aliphatic carbocycles. The molecule has 0 bridgehead atoms. The summed E-state index contributed by atoms with van der Waals surface area (Å²) in [6.45, 7) is 12.9. The van der Waals surface area contributed by atoms with E-state index in [1.807, 2.05) is 30.0 Å². The van der Waals surface area contributed by atoms with Crippen LogP contribution in [-0.4, -0.2) is 68.3 Å². The third kappa shape index (κ3) is 6.35. The number of benzene rings is 1. The van der Waals surface area contributed by atoms with Gasteiger partial charge in [-0.15, -0.1) is 0 Å². The van der Waals surface area contributed by atoms with Crippen molar-refractivity contribution in [1.29, 1.82) is 0 Å². The minimum atomic E-state index is -0.158. The first-order valence-electron chi connectivity index (χ1n) is 11.4. The number of carbonyl (C=O) groups is 1. The largest absolute Gasteiger partial charge is 0.493 e. The predicted molar refractivity (Wildman–Crippen MR) is 121 cm³/mol. The van der Waals surface area contributed by atoms with Crippen LogP contribution in [0.3, 0.4) is 0 Å². The number of hydrogen-bond acceptors (Lipinski definition) is 4. The average molecular weight is 437 g/mol. The number of nitrogens with zero attached hydrogens (tertiary/aromatic N) is 2. The third-order valence-corrected chi connectivity index (χ3v) is 7.00. The first-order chi connectivity index (χ1) is 14.4. The fraction of sp³-hybridized carbons (Fsp3) is 0.708. The summed E-state index contributed by atoms with van der Waals surface area (Å²) in [6, 6.07) is 5.79. The van der Waals surface area contributed by atoms with Gasteiger partial charge in [0.25, 0.3) is 0 Å². The molecule has 0 saturated carbocycles. The lowest BCUT2D eigenvalue weighted by Gasteiger charge is -2.44. The summed E-state index contributed by atoms with van der Waals surface area (Å²) in [5.74, 6) is 1.73. The zero-order valence-electron chi connectivity index (χ0n) is 18.8. The van der Waals surface area contributed by atoms with Gasteiger partial charge in [-0.25, -0.2) is 0 Å². The lowest BCUT2D eigenvalue weighted by molar-refractivity contribution is -0.139. The second-order valence-corrected chi connectivity index (χ2v) is 9.63. The van der Waals surface area contributed by atoms with E-state index in [0.29, 0.717) is 45.2 Å². The zero-order chi connectivity index (χ0) is 21.6. The molecule has 1 aromatic carbocycles. The van der Waals surface area contributed by atoms with Crippen LogP contribution in [0.15, 0.2) is 18.2 Å². The Morgan fingerprint density at radius 3 is 2.77 bits per heavy atom. The topological polar surface area (TPSA) is 42.0 Å². The lowest BCUT2D eigenvalue weighted by atomic mass is 9.77. The molecular formula is C24H37ClN2O3. The summed E-state index contributed by atoms with van der Waals surface area (Å²) < 4.78 is 11.7. The number of rotatable bonds is 8. The second kappa shape index (κ2) is 10.8. The van der Waals surface area contributed by atoms with Crippen LogP contribution in [0.1, 0.15) is 45.1 Å². The number of hydrogen-bond donors (Lipinski definition) is 0. The quantitative estimate of drug-likeness (QED) is 0.605. The Bertz CT molecular complexity index is 708. The van der Waals surface area contributed by atoms with Gasteiger partial charge in [-0.1, -0.05) is 31.9 Å². The summed E-state index contributed by atoms with van der Waals surface area (Å²) >= 11 is 6.17. The number of halogens is 1. The van der Waals surface area contributed by atoms with E-state index in [4.69, 9.17) is 21.1 Å². The van der Waals surface area contributed by atoms with Crippen LogP contribution >= 0.6 is 11.6 Å². The summed E-state index contributed by atoms with van der Waals surface area (Å²) in [7, 11) is 0. The molecule has 2 saturated heterocycles. The highest BCUT2D eigenvalue weighted by atomic mass is 35.5. The Balaban J connectivity index is 1.72. The Kier molecular flexibility index (Phi) is 8.44. The first kappa shape index (κ1) is 23.4. The molecule has 1 amide bonds. The van der Waals surface area contributed by atoms with Gasteiger partial charge in [0.05, 0.1) is 19.8 Å². The molecule has 1 aromatic rings. The predicted octanol–water partition coefficient (Wildman–Crippen LogP) is 4.40. The van der Waals surface area contributed by atoms with E-state index in [9.17, 15) is 4.79 Å². The maximum absolute atomic E-state index is 13.1. The van der Waals surface area contributed by atoms with E-state index in [-0.39, 0.29) is 11.3 Å². The summed E-state index contributed by atoms with van der Waals surface area (Å²) in [5.41, 5.74) is 0.851. The summed E-state index contributed by atoms with van der Waals surface area (Å²) in [4.78, 5) is 17.7. The standard InChI is InChI=1S/C24H37ClN2O3/c1-4-19(2)16-26-9-5-8-24(17-26,15-23(28)27-10-12-29-13-11-27)18-30-21-6-7-22(25)20(3)14-21/h6-7,14,19H,4-5,8-13,15-18H2,1-3H3. The van der Waals surface area contributed by atoms with Crippen molar-refractivity contribution in [2.24, 2.45) is 11.3 Å². The van der Waals surface area contributed by atoms with E-state index in [0.717, 1.165) is 48.8 Å². The van der Waals surface area contributed by atoms with E-state index in [2.05, 4.69) is 18.7 Å². The van der Waals surface area contributed by atoms with Crippen LogP contribution in [0.5, 0.6) is 5.75 Å². The van der Waals surface area contributed by atoms with Gasteiger partial charge in [0, 0.05) is 43.0 Å². The van der Waals surface area contributed by atoms with Crippen LogP contribution in [-0.2, 0) is 9.53 Å². The van der Waals surface area contributed by atoms with Crippen molar-refractivity contribution in [2.75, 3.05) is 52.5 Å². The van der Waals surface area contributed by atoms with Crippen molar-refractivity contribution in [3.05, 3.63) is 28.8 Å². The van der Waals surface area contributed by atoms with E-state index in [1.165, 1.54) is 6.42 Å². The monoisotopic (exact) mass is 436 g/mol. The molecule has 2 aliphatic rings. The average Bonchev–Trinajstić information content (AvgIpc) is 2.75. The molecule has 2 fully saturated rings. The molecule has 6 heteroatoms. The van der Waals surface area contributed by atoms with Gasteiger partial charge in [0.1, 0.15) is 5.75 Å². The van der Waals surface area contributed by atoms with Gasteiger partial charge in [-0.2, -0.15) is 0 Å². The molecule has 2 atom stereocenters. The van der Waals surface area contributed by atoms with Gasteiger partial charge < -0.3 is 19.3 Å². The minimum Gasteiger partial charge on any atom is -0.493 e. The van der Waals surface area contributed by atoms with Crippen molar-refractivity contribution in [2.45, 2.75) is 46.5 Å². The Hall–Kier alpha value is -1.30. The van der Waals surface area contributed by atoms with E-state index in [1.54, 1.807) is 0 Å². The van der Waals surface area contributed by atoms with Crippen molar-refractivity contribution in [3.8, 4) is 5.75 Å². The fourth-order valence-corrected chi connectivity index (χ4v) is 4.66. The number of carbonyl (C=O) groups excluding carboxylic acids is 1. The molecule has 3 rings (SSSR count). The minimum absolute atomic E-state index is 0.158. The van der Waals surface area contributed by atoms with Crippen molar-refractivity contribution in [3.63, 3.8) is 0 Å². The number of morpholine rings is 1. The third-order valence-electron chi connectivity index (χ3n) is 6.57. The molecule has 0 aromatic heterocycles. The Labute approximate surface area is 186 Å². The first-order valence-corrected chi connectivity index (χ1v) is 11.8. The van der Waals surface area contributed by atoms with Crippen molar-refractivity contribution in [1.82, 2.24) is 9.80 Å². The number of likely N-dealkylation sites (tertiary alicyclic amines) is 1.